The Hall–Kier alpha value is -1.63. The van der Waals surface area contributed by atoms with Gasteiger partial charge in [-0.15, -0.1) is 0 Å². The van der Waals surface area contributed by atoms with Gasteiger partial charge in [-0.2, -0.15) is 0 Å². The SMILES string of the molecule is COCC(N)C(=O)NC(C)CN1CCN(c2ccccc2)CC1. The van der Waals surface area contributed by atoms with E-state index in [0.717, 1.165) is 32.7 Å². The molecular weight excluding hydrogens is 292 g/mol. The Balaban J connectivity index is 1.72. The molecule has 1 amide bonds. The third kappa shape index (κ3) is 5.49. The van der Waals surface area contributed by atoms with E-state index in [4.69, 9.17) is 10.5 Å². The van der Waals surface area contributed by atoms with Crippen molar-refractivity contribution in [3.05, 3.63) is 30.3 Å². The van der Waals surface area contributed by atoms with Gasteiger partial charge in [-0.05, 0) is 19.1 Å². The number of hydrogen-bond acceptors (Lipinski definition) is 5. The third-order valence-corrected chi connectivity index (χ3v) is 4.10. The van der Waals surface area contributed by atoms with Crippen molar-refractivity contribution >= 4 is 11.6 Å². The van der Waals surface area contributed by atoms with E-state index in [9.17, 15) is 4.79 Å². The molecule has 0 aliphatic carbocycles. The molecule has 0 aromatic heterocycles. The van der Waals surface area contributed by atoms with Crippen LogP contribution in [0.15, 0.2) is 30.3 Å². The van der Waals surface area contributed by atoms with Crippen LogP contribution in [0.2, 0.25) is 0 Å². The standard InChI is InChI=1S/C17H28N4O2/c1-14(19-17(22)16(18)13-23-2)12-20-8-10-21(11-9-20)15-6-4-3-5-7-15/h3-7,14,16H,8-13,18H2,1-2H3,(H,19,22). The molecule has 6 heteroatoms. The lowest BCUT2D eigenvalue weighted by Gasteiger charge is -2.37. The summed E-state index contributed by atoms with van der Waals surface area (Å²) in [6, 6.07) is 9.96. The van der Waals surface area contributed by atoms with Crippen molar-refractivity contribution in [2.24, 2.45) is 5.73 Å². The smallest absolute Gasteiger partial charge is 0.239 e. The highest BCUT2D eigenvalue weighted by molar-refractivity contribution is 5.81. The van der Waals surface area contributed by atoms with Crippen molar-refractivity contribution in [1.29, 1.82) is 0 Å². The van der Waals surface area contributed by atoms with Crippen molar-refractivity contribution in [2.75, 3.05) is 51.3 Å². The van der Waals surface area contributed by atoms with Crippen molar-refractivity contribution < 1.29 is 9.53 Å². The fraction of sp³-hybridized carbons (Fsp3) is 0.588. The molecule has 128 valence electrons. The zero-order chi connectivity index (χ0) is 16.7. The molecule has 1 aliphatic rings. The number of methoxy groups -OCH3 is 1. The highest BCUT2D eigenvalue weighted by Crippen LogP contribution is 2.15. The first kappa shape index (κ1) is 17.7. The number of amides is 1. The largest absolute Gasteiger partial charge is 0.383 e. The van der Waals surface area contributed by atoms with E-state index >= 15 is 0 Å². The second kappa shape index (κ2) is 8.86. The minimum absolute atomic E-state index is 0.0775. The highest BCUT2D eigenvalue weighted by Gasteiger charge is 2.21. The second-order valence-electron chi connectivity index (χ2n) is 6.09. The molecule has 23 heavy (non-hydrogen) atoms. The second-order valence-corrected chi connectivity index (χ2v) is 6.09. The predicted molar refractivity (Wildman–Crippen MR) is 92.6 cm³/mol. The quantitative estimate of drug-likeness (QED) is 0.755. The summed E-state index contributed by atoms with van der Waals surface area (Å²) in [6.07, 6.45) is 0. The summed E-state index contributed by atoms with van der Waals surface area (Å²) in [4.78, 5) is 16.7. The van der Waals surface area contributed by atoms with Crippen molar-refractivity contribution in [3.63, 3.8) is 0 Å². The fourth-order valence-corrected chi connectivity index (χ4v) is 2.87. The van der Waals surface area contributed by atoms with Crippen LogP contribution in [0.5, 0.6) is 0 Å². The number of anilines is 1. The maximum atomic E-state index is 11.9. The van der Waals surface area contributed by atoms with Gasteiger partial charge in [0, 0.05) is 51.6 Å². The number of nitrogens with zero attached hydrogens (tertiary/aromatic N) is 2. The summed E-state index contributed by atoms with van der Waals surface area (Å²) in [5, 5.41) is 2.96. The number of carbonyl (C=O) groups is 1. The molecule has 1 aromatic rings. The molecule has 6 nitrogen and oxygen atoms in total. The summed E-state index contributed by atoms with van der Waals surface area (Å²) in [5.41, 5.74) is 7.01. The first-order valence-electron chi connectivity index (χ1n) is 8.17. The van der Waals surface area contributed by atoms with Gasteiger partial charge in [0.25, 0.3) is 0 Å². The molecule has 2 atom stereocenters. The van der Waals surface area contributed by atoms with Gasteiger partial charge in [0.15, 0.2) is 0 Å². The Labute approximate surface area is 138 Å². The average Bonchev–Trinajstić information content (AvgIpc) is 2.56. The molecule has 0 radical (unpaired) electrons. The van der Waals surface area contributed by atoms with E-state index < -0.39 is 6.04 Å². The lowest BCUT2D eigenvalue weighted by Crippen LogP contribution is -2.53. The predicted octanol–water partition coefficient (Wildman–Crippen LogP) is 0.287. The van der Waals surface area contributed by atoms with Gasteiger partial charge >= 0.3 is 0 Å². The van der Waals surface area contributed by atoms with Gasteiger partial charge in [0.1, 0.15) is 6.04 Å². The molecule has 2 unspecified atom stereocenters. The number of carbonyl (C=O) groups excluding carboxylic acids is 1. The minimum atomic E-state index is -0.600. The maximum Gasteiger partial charge on any atom is 0.239 e. The number of ether oxygens (including phenoxy) is 1. The molecule has 1 heterocycles. The summed E-state index contributed by atoms with van der Waals surface area (Å²) in [7, 11) is 1.54. The van der Waals surface area contributed by atoms with E-state index in [0.29, 0.717) is 0 Å². The molecule has 1 aliphatic heterocycles. The van der Waals surface area contributed by atoms with E-state index in [1.54, 1.807) is 7.11 Å². The molecule has 1 saturated heterocycles. The molecular formula is C17H28N4O2. The van der Waals surface area contributed by atoms with Gasteiger partial charge in [0.05, 0.1) is 6.61 Å². The van der Waals surface area contributed by atoms with Crippen LogP contribution in [0.25, 0.3) is 0 Å². The third-order valence-electron chi connectivity index (χ3n) is 4.10. The van der Waals surface area contributed by atoms with Crippen LogP contribution in [0, 0.1) is 0 Å². The molecule has 1 aromatic carbocycles. The molecule has 0 bridgehead atoms. The molecule has 0 spiro atoms. The number of nitrogens with two attached hydrogens (primary N) is 1. The van der Waals surface area contributed by atoms with Crippen LogP contribution in [0.3, 0.4) is 0 Å². The summed E-state index contributed by atoms with van der Waals surface area (Å²) in [6.45, 7) is 7.11. The lowest BCUT2D eigenvalue weighted by atomic mass is 10.2. The van der Waals surface area contributed by atoms with Gasteiger partial charge in [-0.25, -0.2) is 0 Å². The van der Waals surface area contributed by atoms with Gasteiger partial charge in [0.2, 0.25) is 5.91 Å². The van der Waals surface area contributed by atoms with Crippen LogP contribution in [-0.4, -0.2) is 69.3 Å². The van der Waals surface area contributed by atoms with Crippen LogP contribution in [0.4, 0.5) is 5.69 Å². The highest BCUT2D eigenvalue weighted by atomic mass is 16.5. The topological polar surface area (TPSA) is 70.8 Å². The zero-order valence-electron chi connectivity index (χ0n) is 14.1. The Kier molecular flexibility index (Phi) is 6.83. The summed E-state index contributed by atoms with van der Waals surface area (Å²) >= 11 is 0. The van der Waals surface area contributed by atoms with Crippen LogP contribution in [0.1, 0.15) is 6.92 Å². The number of rotatable bonds is 7. The van der Waals surface area contributed by atoms with E-state index in [2.05, 4.69) is 39.4 Å². The van der Waals surface area contributed by atoms with Gasteiger partial charge in [-0.3, -0.25) is 9.69 Å². The minimum Gasteiger partial charge on any atom is -0.383 e. The first-order chi connectivity index (χ1) is 11.1. The van der Waals surface area contributed by atoms with Crippen molar-refractivity contribution in [1.82, 2.24) is 10.2 Å². The number of para-hydroxylation sites is 1. The molecule has 2 rings (SSSR count). The Bertz CT molecular complexity index is 475. The number of benzene rings is 1. The fourth-order valence-electron chi connectivity index (χ4n) is 2.87. The van der Waals surface area contributed by atoms with Gasteiger partial charge < -0.3 is 20.7 Å². The summed E-state index contributed by atoms with van der Waals surface area (Å²) < 4.78 is 4.91. The first-order valence-corrected chi connectivity index (χ1v) is 8.17. The Morgan fingerprint density at radius 1 is 1.26 bits per heavy atom. The Morgan fingerprint density at radius 2 is 1.91 bits per heavy atom. The van der Waals surface area contributed by atoms with Gasteiger partial charge in [-0.1, -0.05) is 18.2 Å². The molecule has 3 N–H and O–H groups in total. The summed E-state index contributed by atoms with van der Waals surface area (Å²) in [5.74, 6) is -0.151. The van der Waals surface area contributed by atoms with Crippen molar-refractivity contribution in [3.8, 4) is 0 Å². The normalized spacial score (nSPS) is 18.5. The average molecular weight is 320 g/mol. The van der Waals surface area contributed by atoms with Crippen LogP contribution in [-0.2, 0) is 9.53 Å². The van der Waals surface area contributed by atoms with E-state index in [1.807, 2.05) is 13.0 Å². The number of nitrogens with one attached hydrogen (secondary N) is 1. The maximum absolute atomic E-state index is 11.9. The molecule has 1 fully saturated rings. The van der Waals surface area contributed by atoms with E-state index in [-0.39, 0.29) is 18.6 Å². The monoisotopic (exact) mass is 320 g/mol. The lowest BCUT2D eigenvalue weighted by molar-refractivity contribution is -0.124. The zero-order valence-corrected chi connectivity index (χ0v) is 14.1. The number of hydrogen-bond donors (Lipinski definition) is 2. The number of piperazine rings is 1. The Morgan fingerprint density at radius 3 is 2.52 bits per heavy atom. The van der Waals surface area contributed by atoms with E-state index in [1.165, 1.54) is 5.69 Å². The van der Waals surface area contributed by atoms with Crippen molar-refractivity contribution in [2.45, 2.75) is 19.0 Å². The van der Waals surface area contributed by atoms with Crippen LogP contribution >= 0.6 is 0 Å². The van der Waals surface area contributed by atoms with Crippen LogP contribution < -0.4 is 16.0 Å². The molecule has 0 saturated carbocycles.